The van der Waals surface area contributed by atoms with E-state index in [2.05, 4.69) is 0 Å². The van der Waals surface area contributed by atoms with E-state index in [1.54, 1.807) is 29.2 Å². The number of hydrogen-bond acceptors (Lipinski definition) is 3. The first-order valence-corrected chi connectivity index (χ1v) is 7.49. The number of ether oxygens (including phenoxy) is 2. The van der Waals surface area contributed by atoms with Gasteiger partial charge in [0.05, 0.1) is 24.4 Å². The summed E-state index contributed by atoms with van der Waals surface area (Å²) in [7, 11) is 1.51. The smallest absolute Gasteiger partial charge is 0.258 e. The molecule has 2 aromatic carbocycles. The first-order valence-electron chi connectivity index (χ1n) is 7.11. The van der Waals surface area contributed by atoms with E-state index >= 15 is 0 Å². The van der Waals surface area contributed by atoms with Crippen LogP contribution in [-0.2, 0) is 0 Å². The van der Waals surface area contributed by atoms with Crippen LogP contribution in [0.4, 0.5) is 10.1 Å². The number of amides is 1. The molecule has 0 spiro atoms. The normalized spacial score (nSPS) is 16.5. The summed E-state index contributed by atoms with van der Waals surface area (Å²) in [6, 6.07) is 8.98. The van der Waals surface area contributed by atoms with Gasteiger partial charge in [0.25, 0.3) is 5.91 Å². The molecule has 1 aliphatic heterocycles. The lowest BCUT2D eigenvalue weighted by Crippen LogP contribution is -2.42. The molecule has 0 aromatic heterocycles. The van der Waals surface area contributed by atoms with Crippen LogP contribution in [0.3, 0.4) is 0 Å². The van der Waals surface area contributed by atoms with E-state index in [4.69, 9.17) is 21.1 Å². The maximum Gasteiger partial charge on any atom is 0.258 e. The van der Waals surface area contributed by atoms with Crippen LogP contribution in [0, 0.1) is 5.82 Å². The first kappa shape index (κ1) is 15.6. The van der Waals surface area contributed by atoms with Gasteiger partial charge in [-0.2, -0.15) is 0 Å². The van der Waals surface area contributed by atoms with Gasteiger partial charge < -0.3 is 14.4 Å². The standard InChI is InChI=1S/C17H15ClFNO3/c1-10-9-20(14-5-4-12(19)8-16(14)23-10)17(21)11-3-6-15(22-2)13(18)7-11/h3-8,10H,9H2,1-2H3. The molecule has 1 aliphatic rings. The van der Waals surface area contributed by atoms with Crippen molar-refractivity contribution in [3.8, 4) is 11.5 Å². The molecule has 0 radical (unpaired) electrons. The van der Waals surface area contributed by atoms with Crippen LogP contribution < -0.4 is 14.4 Å². The predicted octanol–water partition coefficient (Wildman–Crippen LogP) is 3.92. The molecule has 1 amide bonds. The molecule has 0 saturated heterocycles. The van der Waals surface area contributed by atoms with Crippen molar-refractivity contribution in [3.63, 3.8) is 0 Å². The number of halogens is 2. The van der Waals surface area contributed by atoms with Crippen molar-refractivity contribution < 1.29 is 18.7 Å². The van der Waals surface area contributed by atoms with Crippen LogP contribution >= 0.6 is 11.6 Å². The molecule has 1 atom stereocenters. The largest absolute Gasteiger partial charge is 0.495 e. The minimum absolute atomic E-state index is 0.224. The molecule has 1 unspecified atom stereocenters. The second-order valence-corrected chi connectivity index (χ2v) is 5.71. The predicted molar refractivity (Wildman–Crippen MR) is 86.2 cm³/mol. The molecule has 0 bridgehead atoms. The average Bonchev–Trinajstić information content (AvgIpc) is 2.52. The number of nitrogens with zero attached hydrogens (tertiary/aromatic N) is 1. The monoisotopic (exact) mass is 335 g/mol. The first-order chi connectivity index (χ1) is 11.0. The lowest BCUT2D eigenvalue weighted by Gasteiger charge is -2.33. The maximum atomic E-state index is 13.4. The van der Waals surface area contributed by atoms with Crippen molar-refractivity contribution in [3.05, 3.63) is 52.8 Å². The van der Waals surface area contributed by atoms with E-state index in [1.165, 1.54) is 19.2 Å². The van der Waals surface area contributed by atoms with Gasteiger partial charge in [-0.25, -0.2) is 4.39 Å². The number of methoxy groups -OCH3 is 1. The Bertz CT molecular complexity index is 765. The minimum Gasteiger partial charge on any atom is -0.495 e. The van der Waals surface area contributed by atoms with Gasteiger partial charge in [-0.3, -0.25) is 4.79 Å². The zero-order chi connectivity index (χ0) is 16.6. The Hall–Kier alpha value is -2.27. The minimum atomic E-state index is -0.405. The van der Waals surface area contributed by atoms with Gasteiger partial charge in [0.1, 0.15) is 23.4 Å². The SMILES string of the molecule is COc1ccc(C(=O)N2CC(C)Oc3cc(F)ccc32)cc1Cl. The fourth-order valence-electron chi connectivity index (χ4n) is 2.56. The summed E-state index contributed by atoms with van der Waals surface area (Å²) in [5, 5.41) is 0.360. The molecular weight excluding hydrogens is 321 g/mol. The maximum absolute atomic E-state index is 13.4. The van der Waals surface area contributed by atoms with Crippen molar-refractivity contribution in [1.82, 2.24) is 0 Å². The Balaban J connectivity index is 1.98. The summed E-state index contributed by atoms with van der Waals surface area (Å²) >= 11 is 6.09. The zero-order valence-electron chi connectivity index (χ0n) is 12.7. The number of hydrogen-bond donors (Lipinski definition) is 0. The third-order valence-electron chi connectivity index (χ3n) is 3.62. The van der Waals surface area contributed by atoms with Crippen LogP contribution in [-0.4, -0.2) is 25.7 Å². The van der Waals surface area contributed by atoms with Gasteiger partial charge in [-0.05, 0) is 37.3 Å². The highest BCUT2D eigenvalue weighted by Crippen LogP contribution is 2.35. The number of anilines is 1. The molecular formula is C17H15ClFNO3. The summed E-state index contributed by atoms with van der Waals surface area (Å²) in [5.41, 5.74) is 0.974. The third kappa shape index (κ3) is 2.97. The van der Waals surface area contributed by atoms with Gasteiger partial charge >= 0.3 is 0 Å². The number of benzene rings is 2. The van der Waals surface area contributed by atoms with Crippen LogP contribution in [0.5, 0.6) is 11.5 Å². The lowest BCUT2D eigenvalue weighted by atomic mass is 10.1. The third-order valence-corrected chi connectivity index (χ3v) is 3.92. The zero-order valence-corrected chi connectivity index (χ0v) is 13.4. The molecule has 120 valence electrons. The van der Waals surface area contributed by atoms with E-state index in [1.807, 2.05) is 6.92 Å². The summed E-state index contributed by atoms with van der Waals surface area (Å²) in [6.45, 7) is 2.20. The Morgan fingerprint density at radius 1 is 1.35 bits per heavy atom. The fraction of sp³-hybridized carbons (Fsp3) is 0.235. The van der Waals surface area contributed by atoms with E-state index < -0.39 is 5.82 Å². The molecule has 0 N–H and O–H groups in total. The van der Waals surface area contributed by atoms with Crippen LogP contribution in [0.25, 0.3) is 0 Å². The van der Waals surface area contributed by atoms with Gasteiger partial charge in [-0.1, -0.05) is 11.6 Å². The van der Waals surface area contributed by atoms with Crippen molar-refractivity contribution in [2.45, 2.75) is 13.0 Å². The molecule has 3 rings (SSSR count). The summed E-state index contributed by atoms with van der Waals surface area (Å²) in [6.07, 6.45) is -0.234. The van der Waals surface area contributed by atoms with Crippen molar-refractivity contribution in [2.75, 3.05) is 18.6 Å². The Kier molecular flexibility index (Phi) is 4.13. The summed E-state index contributed by atoms with van der Waals surface area (Å²) in [4.78, 5) is 14.4. The van der Waals surface area contributed by atoms with Gasteiger partial charge in [0, 0.05) is 11.6 Å². The highest BCUT2D eigenvalue weighted by Gasteiger charge is 2.29. The lowest BCUT2D eigenvalue weighted by molar-refractivity contribution is 0.0961. The number of carbonyl (C=O) groups is 1. The number of rotatable bonds is 2. The topological polar surface area (TPSA) is 38.8 Å². The Labute approximate surface area is 138 Å². The average molecular weight is 336 g/mol. The fourth-order valence-corrected chi connectivity index (χ4v) is 2.82. The molecule has 2 aromatic rings. The molecule has 0 aliphatic carbocycles. The quantitative estimate of drug-likeness (QED) is 0.835. The molecule has 0 fully saturated rings. The molecule has 1 heterocycles. The second kappa shape index (κ2) is 6.08. The van der Waals surface area contributed by atoms with Gasteiger partial charge in [0.2, 0.25) is 0 Å². The highest BCUT2D eigenvalue weighted by molar-refractivity contribution is 6.32. The van der Waals surface area contributed by atoms with Crippen molar-refractivity contribution in [1.29, 1.82) is 0 Å². The summed E-state index contributed by atoms with van der Waals surface area (Å²) in [5.74, 6) is 0.230. The van der Waals surface area contributed by atoms with Gasteiger partial charge in [0.15, 0.2) is 0 Å². The van der Waals surface area contributed by atoms with Crippen LogP contribution in [0.15, 0.2) is 36.4 Å². The van der Waals surface area contributed by atoms with E-state index in [9.17, 15) is 9.18 Å². The van der Waals surface area contributed by atoms with Crippen molar-refractivity contribution in [2.24, 2.45) is 0 Å². The molecule has 0 saturated carbocycles. The number of carbonyl (C=O) groups excluding carboxylic acids is 1. The molecule has 4 nitrogen and oxygen atoms in total. The Morgan fingerprint density at radius 3 is 2.83 bits per heavy atom. The second-order valence-electron chi connectivity index (χ2n) is 5.31. The summed E-state index contributed by atoms with van der Waals surface area (Å²) < 4.78 is 24.1. The van der Waals surface area contributed by atoms with Crippen molar-refractivity contribution >= 4 is 23.2 Å². The molecule has 6 heteroatoms. The van der Waals surface area contributed by atoms with E-state index in [-0.39, 0.29) is 12.0 Å². The highest BCUT2D eigenvalue weighted by atomic mass is 35.5. The van der Waals surface area contributed by atoms with E-state index in [0.717, 1.165) is 0 Å². The van der Waals surface area contributed by atoms with E-state index in [0.29, 0.717) is 34.3 Å². The van der Waals surface area contributed by atoms with Crippen LogP contribution in [0.2, 0.25) is 5.02 Å². The van der Waals surface area contributed by atoms with Crippen LogP contribution in [0.1, 0.15) is 17.3 Å². The molecule has 23 heavy (non-hydrogen) atoms. The number of fused-ring (bicyclic) bond motifs is 1. The van der Waals surface area contributed by atoms with Gasteiger partial charge in [-0.15, -0.1) is 0 Å². The Morgan fingerprint density at radius 2 is 2.13 bits per heavy atom.